The monoisotopic (exact) mass is 263 g/mol. The number of hydrogen-bond acceptors (Lipinski definition) is 4. The molecule has 0 amide bonds. The molecule has 0 radical (unpaired) electrons. The lowest BCUT2D eigenvalue weighted by molar-refractivity contribution is 0.124. The SMILES string of the molecule is CC(NCCOCC1CC1)c1ccc2c(c1)OCO2. The summed E-state index contributed by atoms with van der Waals surface area (Å²) in [5, 5.41) is 3.46. The fourth-order valence-electron chi connectivity index (χ4n) is 2.18. The Morgan fingerprint density at radius 3 is 3.00 bits per heavy atom. The number of ether oxygens (including phenoxy) is 3. The van der Waals surface area contributed by atoms with Crippen molar-refractivity contribution in [2.45, 2.75) is 25.8 Å². The summed E-state index contributed by atoms with van der Waals surface area (Å²) in [6.07, 6.45) is 2.70. The highest BCUT2D eigenvalue weighted by atomic mass is 16.7. The standard InChI is InChI=1S/C15H21NO3/c1-11(16-6-7-17-9-12-2-3-12)13-4-5-14-15(8-13)19-10-18-14/h4-5,8,11-12,16H,2-3,6-7,9-10H2,1H3. The van der Waals surface area contributed by atoms with Crippen LogP contribution in [0.25, 0.3) is 0 Å². The lowest BCUT2D eigenvalue weighted by Gasteiger charge is -2.14. The number of rotatable bonds is 7. The second kappa shape index (κ2) is 5.80. The van der Waals surface area contributed by atoms with Crippen molar-refractivity contribution in [3.05, 3.63) is 23.8 Å². The number of benzene rings is 1. The van der Waals surface area contributed by atoms with Gasteiger partial charge in [0, 0.05) is 19.2 Å². The lowest BCUT2D eigenvalue weighted by Crippen LogP contribution is -2.23. The average molecular weight is 263 g/mol. The minimum atomic E-state index is 0.291. The maximum Gasteiger partial charge on any atom is 0.231 e. The summed E-state index contributed by atoms with van der Waals surface area (Å²) in [7, 11) is 0. The van der Waals surface area contributed by atoms with E-state index in [4.69, 9.17) is 14.2 Å². The zero-order chi connectivity index (χ0) is 13.1. The fourth-order valence-corrected chi connectivity index (χ4v) is 2.18. The molecule has 1 aliphatic heterocycles. The van der Waals surface area contributed by atoms with Crippen molar-refractivity contribution in [3.63, 3.8) is 0 Å². The molecule has 4 heteroatoms. The van der Waals surface area contributed by atoms with Crippen LogP contribution >= 0.6 is 0 Å². The van der Waals surface area contributed by atoms with E-state index in [0.717, 1.165) is 37.2 Å². The van der Waals surface area contributed by atoms with Gasteiger partial charge in [-0.3, -0.25) is 0 Å². The first-order valence-corrected chi connectivity index (χ1v) is 7.03. The number of nitrogens with one attached hydrogen (secondary N) is 1. The van der Waals surface area contributed by atoms with Gasteiger partial charge in [-0.25, -0.2) is 0 Å². The Morgan fingerprint density at radius 2 is 2.16 bits per heavy atom. The van der Waals surface area contributed by atoms with Crippen LogP contribution in [0.15, 0.2) is 18.2 Å². The Bertz CT molecular complexity index is 431. The molecule has 1 atom stereocenters. The lowest BCUT2D eigenvalue weighted by atomic mass is 10.1. The van der Waals surface area contributed by atoms with Crippen molar-refractivity contribution >= 4 is 0 Å². The third-order valence-corrected chi connectivity index (χ3v) is 3.64. The van der Waals surface area contributed by atoms with E-state index in [1.54, 1.807) is 0 Å². The van der Waals surface area contributed by atoms with E-state index in [9.17, 15) is 0 Å². The van der Waals surface area contributed by atoms with Gasteiger partial charge in [0.1, 0.15) is 0 Å². The summed E-state index contributed by atoms with van der Waals surface area (Å²) >= 11 is 0. The molecule has 1 fully saturated rings. The van der Waals surface area contributed by atoms with E-state index in [2.05, 4.69) is 18.3 Å². The molecule has 1 heterocycles. The molecular weight excluding hydrogens is 242 g/mol. The van der Waals surface area contributed by atoms with Crippen molar-refractivity contribution < 1.29 is 14.2 Å². The maximum absolute atomic E-state index is 5.61. The molecule has 1 N–H and O–H groups in total. The van der Waals surface area contributed by atoms with Gasteiger partial charge in [0.25, 0.3) is 0 Å². The first-order chi connectivity index (χ1) is 9.33. The largest absolute Gasteiger partial charge is 0.454 e. The van der Waals surface area contributed by atoms with Gasteiger partial charge in [0.15, 0.2) is 11.5 Å². The molecule has 1 aromatic carbocycles. The summed E-state index contributed by atoms with van der Waals surface area (Å²) in [6.45, 7) is 5.07. The third-order valence-electron chi connectivity index (χ3n) is 3.64. The van der Waals surface area contributed by atoms with Crippen LogP contribution < -0.4 is 14.8 Å². The molecule has 2 aliphatic rings. The van der Waals surface area contributed by atoms with Crippen LogP contribution in [0, 0.1) is 5.92 Å². The van der Waals surface area contributed by atoms with E-state index in [1.807, 2.05) is 12.1 Å². The van der Waals surface area contributed by atoms with E-state index < -0.39 is 0 Å². The smallest absolute Gasteiger partial charge is 0.231 e. The Morgan fingerprint density at radius 1 is 1.32 bits per heavy atom. The highest BCUT2D eigenvalue weighted by Crippen LogP contribution is 2.34. The van der Waals surface area contributed by atoms with Gasteiger partial charge >= 0.3 is 0 Å². The van der Waals surface area contributed by atoms with E-state index >= 15 is 0 Å². The van der Waals surface area contributed by atoms with Crippen molar-refractivity contribution in [3.8, 4) is 11.5 Å². The average Bonchev–Trinajstić information content (AvgIpc) is 3.13. The number of fused-ring (bicyclic) bond motifs is 1. The minimum Gasteiger partial charge on any atom is -0.454 e. The van der Waals surface area contributed by atoms with Crippen LogP contribution in [-0.2, 0) is 4.74 Å². The van der Waals surface area contributed by atoms with Gasteiger partial charge in [-0.05, 0) is 43.4 Å². The van der Waals surface area contributed by atoms with E-state index in [1.165, 1.54) is 18.4 Å². The number of hydrogen-bond donors (Lipinski definition) is 1. The molecule has 0 aromatic heterocycles. The summed E-state index contributed by atoms with van der Waals surface area (Å²) in [6, 6.07) is 6.39. The molecule has 0 bridgehead atoms. The first kappa shape index (κ1) is 12.8. The molecule has 0 spiro atoms. The van der Waals surface area contributed by atoms with E-state index in [0.29, 0.717) is 12.8 Å². The van der Waals surface area contributed by atoms with Gasteiger partial charge < -0.3 is 19.5 Å². The Kier molecular flexibility index (Phi) is 3.89. The van der Waals surface area contributed by atoms with Crippen LogP contribution in [0.5, 0.6) is 11.5 Å². The molecule has 1 aliphatic carbocycles. The molecule has 1 unspecified atom stereocenters. The second-order valence-corrected chi connectivity index (χ2v) is 5.31. The zero-order valence-corrected chi connectivity index (χ0v) is 11.4. The highest BCUT2D eigenvalue weighted by molar-refractivity contribution is 5.45. The van der Waals surface area contributed by atoms with Gasteiger partial charge in [0.05, 0.1) is 6.61 Å². The van der Waals surface area contributed by atoms with Crippen LogP contribution in [0.4, 0.5) is 0 Å². The predicted octanol–water partition coefficient (Wildman–Crippen LogP) is 2.49. The second-order valence-electron chi connectivity index (χ2n) is 5.31. The summed E-state index contributed by atoms with van der Waals surface area (Å²) < 4.78 is 16.3. The topological polar surface area (TPSA) is 39.7 Å². The Balaban J connectivity index is 1.42. The summed E-state index contributed by atoms with van der Waals surface area (Å²) in [4.78, 5) is 0. The first-order valence-electron chi connectivity index (χ1n) is 7.03. The molecule has 3 rings (SSSR count). The van der Waals surface area contributed by atoms with Gasteiger partial charge in [-0.2, -0.15) is 0 Å². The maximum atomic E-state index is 5.61. The minimum absolute atomic E-state index is 0.291. The van der Waals surface area contributed by atoms with E-state index in [-0.39, 0.29) is 0 Å². The van der Waals surface area contributed by atoms with Crippen molar-refractivity contribution in [1.29, 1.82) is 0 Å². The summed E-state index contributed by atoms with van der Waals surface area (Å²) in [5.41, 5.74) is 1.21. The molecule has 1 aromatic rings. The molecule has 1 saturated carbocycles. The molecular formula is C15H21NO3. The predicted molar refractivity (Wildman–Crippen MR) is 72.5 cm³/mol. The highest BCUT2D eigenvalue weighted by Gasteiger charge is 2.21. The normalized spacial score (nSPS) is 18.6. The van der Waals surface area contributed by atoms with Crippen LogP contribution in [0.1, 0.15) is 31.4 Å². The Labute approximate surface area is 114 Å². The van der Waals surface area contributed by atoms with Crippen LogP contribution in [0.3, 0.4) is 0 Å². The fraction of sp³-hybridized carbons (Fsp3) is 0.600. The van der Waals surface area contributed by atoms with Gasteiger partial charge in [0.2, 0.25) is 6.79 Å². The molecule has 0 saturated heterocycles. The molecule has 19 heavy (non-hydrogen) atoms. The molecule has 104 valence electrons. The van der Waals surface area contributed by atoms with Crippen molar-refractivity contribution in [1.82, 2.24) is 5.32 Å². The van der Waals surface area contributed by atoms with Crippen molar-refractivity contribution in [2.75, 3.05) is 26.6 Å². The zero-order valence-electron chi connectivity index (χ0n) is 11.4. The van der Waals surface area contributed by atoms with Crippen molar-refractivity contribution in [2.24, 2.45) is 5.92 Å². The summed E-state index contributed by atoms with van der Waals surface area (Å²) in [5.74, 6) is 2.52. The third kappa shape index (κ3) is 3.39. The quantitative estimate of drug-likeness (QED) is 0.767. The van der Waals surface area contributed by atoms with Crippen LogP contribution in [-0.4, -0.2) is 26.6 Å². The van der Waals surface area contributed by atoms with Gasteiger partial charge in [-0.15, -0.1) is 0 Å². The Hall–Kier alpha value is -1.26. The van der Waals surface area contributed by atoms with Gasteiger partial charge in [-0.1, -0.05) is 6.07 Å². The van der Waals surface area contributed by atoms with Crippen LogP contribution in [0.2, 0.25) is 0 Å². The molecule has 4 nitrogen and oxygen atoms in total.